The van der Waals surface area contributed by atoms with Crippen LogP contribution in [0.2, 0.25) is 5.02 Å². The first-order chi connectivity index (χ1) is 15.0. The van der Waals surface area contributed by atoms with Crippen molar-refractivity contribution in [1.82, 2.24) is 9.78 Å². The zero-order chi connectivity index (χ0) is 22.8. The normalized spacial score (nSPS) is 28.7. The van der Waals surface area contributed by atoms with Gasteiger partial charge in [-0.1, -0.05) is 11.6 Å². The third kappa shape index (κ3) is 3.54. The molecule has 1 N–H and O–H groups in total. The van der Waals surface area contributed by atoms with Gasteiger partial charge in [-0.3, -0.25) is 19.6 Å². The third-order valence-corrected chi connectivity index (χ3v) is 7.46. The van der Waals surface area contributed by atoms with E-state index in [0.29, 0.717) is 23.8 Å². The number of halogens is 4. The lowest BCUT2D eigenvalue weighted by Gasteiger charge is -2.56. The summed E-state index contributed by atoms with van der Waals surface area (Å²) in [6.07, 6.45) is 2.77. The van der Waals surface area contributed by atoms with E-state index in [2.05, 4.69) is 10.4 Å². The predicted octanol–water partition coefficient (Wildman–Crippen LogP) is 5.64. The molecule has 11 heteroatoms. The number of hydrogen-bond donors (Lipinski definition) is 1. The van der Waals surface area contributed by atoms with Crippen LogP contribution in [0.25, 0.3) is 0 Å². The number of nitrogens with one attached hydrogen (secondary N) is 1. The maximum atomic E-state index is 13.1. The number of aromatic nitrogens is 2. The molecule has 4 aliphatic rings. The van der Waals surface area contributed by atoms with Gasteiger partial charge in [-0.25, -0.2) is 0 Å². The molecule has 4 bridgehead atoms. The Balaban J connectivity index is 1.46. The van der Waals surface area contributed by atoms with E-state index in [1.165, 1.54) is 31.5 Å². The molecule has 4 fully saturated rings. The maximum absolute atomic E-state index is 13.1. The van der Waals surface area contributed by atoms with Gasteiger partial charge in [0, 0.05) is 5.69 Å². The number of benzene rings is 1. The van der Waals surface area contributed by atoms with Crippen LogP contribution < -0.4 is 5.32 Å². The highest BCUT2D eigenvalue weighted by Crippen LogP contribution is 2.58. The SMILES string of the molecule is O=C(Nc1ccc(Cl)c(C(F)(F)F)c1)c1nn(C23CC4CC(CC(C4)C2)C3)cc1[N+](=O)[O-]. The van der Waals surface area contributed by atoms with Crippen LogP contribution in [-0.4, -0.2) is 20.6 Å². The van der Waals surface area contributed by atoms with Crippen molar-refractivity contribution in [2.75, 3.05) is 5.32 Å². The van der Waals surface area contributed by atoms with Gasteiger partial charge in [-0.15, -0.1) is 0 Å². The molecule has 0 saturated heterocycles. The molecule has 2 aromatic rings. The molecule has 0 unspecified atom stereocenters. The fourth-order valence-corrected chi connectivity index (χ4v) is 6.48. The summed E-state index contributed by atoms with van der Waals surface area (Å²) >= 11 is 5.62. The van der Waals surface area contributed by atoms with Gasteiger partial charge >= 0.3 is 11.9 Å². The van der Waals surface area contributed by atoms with Crippen LogP contribution in [0.3, 0.4) is 0 Å². The maximum Gasteiger partial charge on any atom is 0.417 e. The molecule has 170 valence electrons. The summed E-state index contributed by atoms with van der Waals surface area (Å²) in [6, 6.07) is 2.92. The van der Waals surface area contributed by atoms with E-state index in [0.717, 1.165) is 25.3 Å². The minimum absolute atomic E-state index is 0.176. The number of nitrogens with zero attached hydrogens (tertiary/aromatic N) is 3. The molecule has 0 atom stereocenters. The highest BCUT2D eigenvalue weighted by atomic mass is 35.5. The van der Waals surface area contributed by atoms with Gasteiger partial charge in [0.1, 0.15) is 6.20 Å². The summed E-state index contributed by atoms with van der Waals surface area (Å²) in [5.41, 5.74) is -2.48. The van der Waals surface area contributed by atoms with Gasteiger partial charge in [0.2, 0.25) is 5.69 Å². The molecule has 6 rings (SSSR count). The van der Waals surface area contributed by atoms with Crippen LogP contribution in [0.1, 0.15) is 54.6 Å². The number of amides is 1. The fourth-order valence-electron chi connectivity index (χ4n) is 6.26. The Morgan fingerprint density at radius 2 is 1.78 bits per heavy atom. The Kier molecular flexibility index (Phi) is 4.77. The molecule has 7 nitrogen and oxygen atoms in total. The van der Waals surface area contributed by atoms with E-state index in [1.54, 1.807) is 4.68 Å². The Morgan fingerprint density at radius 3 is 2.31 bits per heavy atom. The summed E-state index contributed by atoms with van der Waals surface area (Å²) in [4.78, 5) is 23.8. The number of carbonyl (C=O) groups excluding carboxylic acids is 1. The van der Waals surface area contributed by atoms with E-state index in [-0.39, 0.29) is 11.2 Å². The van der Waals surface area contributed by atoms with E-state index in [4.69, 9.17) is 11.6 Å². The van der Waals surface area contributed by atoms with Crippen LogP contribution >= 0.6 is 11.6 Å². The van der Waals surface area contributed by atoms with Crippen molar-refractivity contribution in [1.29, 1.82) is 0 Å². The molecular weight excluding hydrogens is 449 g/mol. The van der Waals surface area contributed by atoms with Gasteiger partial charge < -0.3 is 5.32 Å². The molecule has 0 aliphatic heterocycles. The standard InChI is InChI=1S/C21H20ClF3N4O3/c22-16-2-1-14(6-15(16)21(23,24)25)26-19(30)18-17(29(31)32)10-28(27-18)20-7-11-3-12(8-20)5-13(4-11)9-20/h1-2,6,10-13H,3-5,7-9H2,(H,26,30). The van der Waals surface area contributed by atoms with Crippen molar-refractivity contribution >= 4 is 28.9 Å². The smallest absolute Gasteiger partial charge is 0.320 e. The van der Waals surface area contributed by atoms with Crippen molar-refractivity contribution in [3.63, 3.8) is 0 Å². The number of anilines is 1. The zero-order valence-corrected chi connectivity index (χ0v) is 17.6. The molecule has 1 amide bonds. The molecule has 1 heterocycles. The minimum atomic E-state index is -4.70. The van der Waals surface area contributed by atoms with Crippen molar-refractivity contribution in [3.8, 4) is 0 Å². The zero-order valence-electron chi connectivity index (χ0n) is 16.9. The second-order valence-electron chi connectivity index (χ2n) is 9.35. The van der Waals surface area contributed by atoms with E-state index < -0.39 is 39.0 Å². The average Bonchev–Trinajstić information content (AvgIpc) is 3.14. The van der Waals surface area contributed by atoms with Gasteiger partial charge in [-0.2, -0.15) is 18.3 Å². The Morgan fingerprint density at radius 1 is 1.19 bits per heavy atom. The molecule has 4 aliphatic carbocycles. The minimum Gasteiger partial charge on any atom is -0.320 e. The first-order valence-corrected chi connectivity index (χ1v) is 10.8. The van der Waals surface area contributed by atoms with Crippen molar-refractivity contribution in [3.05, 3.63) is 50.8 Å². The number of carbonyl (C=O) groups is 1. The molecule has 0 spiro atoms. The highest BCUT2D eigenvalue weighted by molar-refractivity contribution is 6.31. The Hall–Kier alpha value is -2.62. The summed E-state index contributed by atoms with van der Waals surface area (Å²) < 4.78 is 40.9. The van der Waals surface area contributed by atoms with E-state index in [9.17, 15) is 28.1 Å². The van der Waals surface area contributed by atoms with Gasteiger partial charge in [0.25, 0.3) is 5.91 Å². The van der Waals surface area contributed by atoms with Crippen LogP contribution in [-0.2, 0) is 11.7 Å². The van der Waals surface area contributed by atoms with Crippen LogP contribution in [0, 0.1) is 27.9 Å². The first kappa shape index (κ1) is 21.2. The Bertz CT molecular complexity index is 1080. The summed E-state index contributed by atoms with van der Waals surface area (Å²) in [5.74, 6) is 0.764. The number of hydrogen-bond acceptors (Lipinski definition) is 4. The van der Waals surface area contributed by atoms with Gasteiger partial charge in [0.05, 0.1) is 21.0 Å². The highest BCUT2D eigenvalue weighted by Gasteiger charge is 2.53. The van der Waals surface area contributed by atoms with Crippen molar-refractivity contribution in [2.24, 2.45) is 17.8 Å². The number of rotatable bonds is 4. The van der Waals surface area contributed by atoms with Crippen LogP contribution in [0.4, 0.5) is 24.5 Å². The second-order valence-corrected chi connectivity index (χ2v) is 9.76. The van der Waals surface area contributed by atoms with Crippen LogP contribution in [0.15, 0.2) is 24.4 Å². The average molecular weight is 469 g/mol. The van der Waals surface area contributed by atoms with Gasteiger partial charge in [0.15, 0.2) is 0 Å². The largest absolute Gasteiger partial charge is 0.417 e. The van der Waals surface area contributed by atoms with E-state index in [1.807, 2.05) is 0 Å². The third-order valence-electron chi connectivity index (χ3n) is 7.13. The predicted molar refractivity (Wildman–Crippen MR) is 109 cm³/mol. The molecule has 4 saturated carbocycles. The second kappa shape index (κ2) is 7.19. The summed E-state index contributed by atoms with van der Waals surface area (Å²) in [6.45, 7) is 0. The topological polar surface area (TPSA) is 90.1 Å². The summed E-state index contributed by atoms with van der Waals surface area (Å²) in [7, 11) is 0. The lowest BCUT2D eigenvalue weighted by Crippen LogP contribution is -2.52. The van der Waals surface area contributed by atoms with Crippen molar-refractivity contribution < 1.29 is 22.9 Å². The fraction of sp³-hybridized carbons (Fsp3) is 0.524. The van der Waals surface area contributed by atoms with Crippen molar-refractivity contribution in [2.45, 2.75) is 50.2 Å². The lowest BCUT2D eigenvalue weighted by molar-refractivity contribution is -0.385. The lowest BCUT2D eigenvalue weighted by atomic mass is 9.53. The molecule has 0 radical (unpaired) electrons. The molecule has 1 aromatic carbocycles. The summed E-state index contributed by atoms with van der Waals surface area (Å²) in [5, 5.41) is 17.8. The van der Waals surface area contributed by atoms with Gasteiger partial charge in [-0.05, 0) is 74.5 Å². The molecule has 32 heavy (non-hydrogen) atoms. The molecular formula is C21H20ClF3N4O3. The van der Waals surface area contributed by atoms with E-state index >= 15 is 0 Å². The Labute approximate surface area is 186 Å². The number of alkyl halides is 3. The number of nitro groups is 1. The quantitative estimate of drug-likeness (QED) is 0.464. The monoisotopic (exact) mass is 468 g/mol. The van der Waals surface area contributed by atoms with Crippen LogP contribution in [0.5, 0.6) is 0 Å². The molecule has 1 aromatic heterocycles. The first-order valence-electron chi connectivity index (χ1n) is 10.5.